The van der Waals surface area contributed by atoms with Gasteiger partial charge in [0.15, 0.2) is 0 Å². The first kappa shape index (κ1) is 12.9. The standard InChI is InChI=1S/C14H20N2O2/c1-9-7-11(17)8-10(2)13(9)16-14(18)12-5-3-4-6-15-12/h7-8,12,15,17H,3-6H2,1-2H3,(H,16,18)/t12-/m0/s1. The van der Waals surface area contributed by atoms with Crippen LogP contribution in [0.25, 0.3) is 0 Å². The summed E-state index contributed by atoms with van der Waals surface area (Å²) in [6, 6.07) is 3.24. The molecule has 0 unspecified atom stereocenters. The summed E-state index contributed by atoms with van der Waals surface area (Å²) in [4.78, 5) is 12.1. The Morgan fingerprint density at radius 1 is 1.33 bits per heavy atom. The van der Waals surface area contributed by atoms with E-state index in [1.807, 2.05) is 13.8 Å². The molecule has 0 radical (unpaired) electrons. The Morgan fingerprint density at radius 2 is 2.00 bits per heavy atom. The van der Waals surface area contributed by atoms with Gasteiger partial charge < -0.3 is 15.7 Å². The summed E-state index contributed by atoms with van der Waals surface area (Å²) in [5.74, 6) is 0.255. The van der Waals surface area contributed by atoms with Crippen LogP contribution >= 0.6 is 0 Å². The molecule has 3 N–H and O–H groups in total. The molecule has 18 heavy (non-hydrogen) atoms. The van der Waals surface area contributed by atoms with Crippen LogP contribution in [0.5, 0.6) is 5.75 Å². The summed E-state index contributed by atoms with van der Waals surface area (Å²) in [5, 5.41) is 15.7. The van der Waals surface area contributed by atoms with Crippen molar-refractivity contribution >= 4 is 11.6 Å². The van der Waals surface area contributed by atoms with Crippen molar-refractivity contribution in [2.45, 2.75) is 39.2 Å². The molecule has 1 aliphatic rings. The first-order valence-corrected chi connectivity index (χ1v) is 6.42. The minimum atomic E-state index is -0.0913. The van der Waals surface area contributed by atoms with Gasteiger partial charge in [0.2, 0.25) is 5.91 Å². The van der Waals surface area contributed by atoms with Gasteiger partial charge in [0.1, 0.15) is 5.75 Å². The molecule has 1 fully saturated rings. The Labute approximate surface area is 107 Å². The van der Waals surface area contributed by atoms with Gasteiger partial charge in [-0.15, -0.1) is 0 Å². The van der Waals surface area contributed by atoms with Crippen molar-refractivity contribution in [1.82, 2.24) is 5.32 Å². The van der Waals surface area contributed by atoms with E-state index in [0.717, 1.165) is 42.6 Å². The van der Waals surface area contributed by atoms with Gasteiger partial charge in [-0.1, -0.05) is 6.42 Å². The maximum Gasteiger partial charge on any atom is 0.241 e. The van der Waals surface area contributed by atoms with E-state index in [-0.39, 0.29) is 17.7 Å². The quantitative estimate of drug-likeness (QED) is 0.702. The molecule has 1 aromatic rings. The van der Waals surface area contributed by atoms with Crippen LogP contribution in [-0.4, -0.2) is 23.6 Å². The monoisotopic (exact) mass is 248 g/mol. The summed E-state index contributed by atoms with van der Waals surface area (Å²) < 4.78 is 0. The highest BCUT2D eigenvalue weighted by molar-refractivity contribution is 5.96. The smallest absolute Gasteiger partial charge is 0.241 e. The molecule has 2 rings (SSSR count). The van der Waals surface area contributed by atoms with E-state index < -0.39 is 0 Å². The lowest BCUT2D eigenvalue weighted by atomic mass is 10.0. The van der Waals surface area contributed by atoms with E-state index in [1.165, 1.54) is 0 Å². The van der Waals surface area contributed by atoms with Crippen LogP contribution in [-0.2, 0) is 4.79 Å². The number of phenolic OH excluding ortho intramolecular Hbond substituents is 1. The molecular weight excluding hydrogens is 228 g/mol. The largest absolute Gasteiger partial charge is 0.508 e. The molecular formula is C14H20N2O2. The Morgan fingerprint density at radius 3 is 2.56 bits per heavy atom. The van der Waals surface area contributed by atoms with Crippen LogP contribution in [0.1, 0.15) is 30.4 Å². The van der Waals surface area contributed by atoms with Gasteiger partial charge in [0, 0.05) is 5.69 Å². The summed E-state index contributed by atoms with van der Waals surface area (Å²) in [5.41, 5.74) is 2.58. The van der Waals surface area contributed by atoms with Crippen molar-refractivity contribution in [2.24, 2.45) is 0 Å². The Hall–Kier alpha value is -1.55. The fourth-order valence-corrected chi connectivity index (χ4v) is 2.42. The van der Waals surface area contributed by atoms with Crippen molar-refractivity contribution in [3.8, 4) is 5.75 Å². The van der Waals surface area contributed by atoms with Crippen LogP contribution in [0.15, 0.2) is 12.1 Å². The predicted octanol–water partition coefficient (Wildman–Crippen LogP) is 2.09. The summed E-state index contributed by atoms with van der Waals surface area (Å²) in [7, 11) is 0. The molecule has 4 heteroatoms. The molecule has 0 bridgehead atoms. The van der Waals surface area contributed by atoms with Gasteiger partial charge in [0.05, 0.1) is 6.04 Å². The molecule has 1 heterocycles. The number of anilines is 1. The van der Waals surface area contributed by atoms with E-state index >= 15 is 0 Å². The zero-order valence-electron chi connectivity index (χ0n) is 10.9. The zero-order valence-corrected chi connectivity index (χ0v) is 10.9. The number of aromatic hydroxyl groups is 1. The lowest BCUT2D eigenvalue weighted by Gasteiger charge is -2.23. The molecule has 0 aromatic heterocycles. The second kappa shape index (κ2) is 5.40. The Bertz CT molecular complexity index is 428. The number of hydrogen-bond donors (Lipinski definition) is 3. The van der Waals surface area contributed by atoms with E-state index in [2.05, 4.69) is 10.6 Å². The molecule has 1 aromatic carbocycles. The number of amides is 1. The predicted molar refractivity (Wildman–Crippen MR) is 71.9 cm³/mol. The molecule has 4 nitrogen and oxygen atoms in total. The minimum Gasteiger partial charge on any atom is -0.508 e. The average molecular weight is 248 g/mol. The fourth-order valence-electron chi connectivity index (χ4n) is 2.42. The molecule has 1 aliphatic heterocycles. The van der Waals surface area contributed by atoms with Crippen LogP contribution < -0.4 is 10.6 Å². The maximum atomic E-state index is 12.1. The average Bonchev–Trinajstić information content (AvgIpc) is 2.34. The number of benzene rings is 1. The molecule has 0 aliphatic carbocycles. The van der Waals surface area contributed by atoms with Crippen molar-refractivity contribution < 1.29 is 9.90 Å². The number of aryl methyl sites for hydroxylation is 2. The third kappa shape index (κ3) is 2.82. The number of piperidine rings is 1. The zero-order chi connectivity index (χ0) is 13.1. The van der Waals surface area contributed by atoms with Crippen LogP contribution in [0.3, 0.4) is 0 Å². The van der Waals surface area contributed by atoms with Crippen molar-refractivity contribution in [1.29, 1.82) is 0 Å². The molecule has 0 spiro atoms. The highest BCUT2D eigenvalue weighted by Crippen LogP contribution is 2.25. The maximum absolute atomic E-state index is 12.1. The highest BCUT2D eigenvalue weighted by Gasteiger charge is 2.21. The third-order valence-corrected chi connectivity index (χ3v) is 3.39. The molecule has 1 saturated heterocycles. The second-order valence-corrected chi connectivity index (χ2v) is 4.95. The number of phenols is 1. The number of carbonyl (C=O) groups excluding carboxylic acids is 1. The number of carbonyl (C=O) groups is 1. The first-order chi connectivity index (χ1) is 8.58. The lowest BCUT2D eigenvalue weighted by molar-refractivity contribution is -0.118. The minimum absolute atomic E-state index is 0.0200. The molecule has 0 saturated carbocycles. The third-order valence-electron chi connectivity index (χ3n) is 3.39. The van der Waals surface area contributed by atoms with E-state index in [4.69, 9.17) is 0 Å². The van der Waals surface area contributed by atoms with Crippen LogP contribution in [0.2, 0.25) is 0 Å². The van der Waals surface area contributed by atoms with Crippen LogP contribution in [0.4, 0.5) is 5.69 Å². The van der Waals surface area contributed by atoms with Gasteiger partial charge in [-0.3, -0.25) is 4.79 Å². The molecule has 1 amide bonds. The van der Waals surface area contributed by atoms with E-state index in [0.29, 0.717) is 0 Å². The van der Waals surface area contributed by atoms with Crippen molar-refractivity contribution in [2.75, 3.05) is 11.9 Å². The highest BCUT2D eigenvalue weighted by atomic mass is 16.3. The topological polar surface area (TPSA) is 61.4 Å². The lowest BCUT2D eigenvalue weighted by Crippen LogP contribution is -2.43. The van der Waals surface area contributed by atoms with E-state index in [9.17, 15) is 9.90 Å². The fraction of sp³-hybridized carbons (Fsp3) is 0.500. The molecule has 98 valence electrons. The van der Waals surface area contributed by atoms with Gasteiger partial charge in [-0.05, 0) is 56.5 Å². The summed E-state index contributed by atoms with van der Waals surface area (Å²) in [6.45, 7) is 4.68. The van der Waals surface area contributed by atoms with E-state index in [1.54, 1.807) is 12.1 Å². The second-order valence-electron chi connectivity index (χ2n) is 4.95. The number of nitrogens with one attached hydrogen (secondary N) is 2. The normalized spacial score (nSPS) is 19.6. The SMILES string of the molecule is Cc1cc(O)cc(C)c1NC(=O)[C@@H]1CCCCN1. The first-order valence-electron chi connectivity index (χ1n) is 6.42. The van der Waals surface area contributed by atoms with Gasteiger partial charge in [-0.25, -0.2) is 0 Å². The van der Waals surface area contributed by atoms with Gasteiger partial charge in [0.25, 0.3) is 0 Å². The summed E-state index contributed by atoms with van der Waals surface area (Å²) in [6.07, 6.45) is 3.13. The number of hydrogen-bond acceptors (Lipinski definition) is 3. The number of rotatable bonds is 2. The summed E-state index contributed by atoms with van der Waals surface area (Å²) >= 11 is 0. The van der Waals surface area contributed by atoms with Gasteiger partial charge >= 0.3 is 0 Å². The van der Waals surface area contributed by atoms with Gasteiger partial charge in [-0.2, -0.15) is 0 Å². The Balaban J connectivity index is 2.11. The van der Waals surface area contributed by atoms with Crippen molar-refractivity contribution in [3.63, 3.8) is 0 Å². The molecule has 1 atom stereocenters. The Kier molecular flexibility index (Phi) is 3.87. The van der Waals surface area contributed by atoms with Crippen molar-refractivity contribution in [3.05, 3.63) is 23.3 Å². The van der Waals surface area contributed by atoms with Crippen LogP contribution in [0, 0.1) is 13.8 Å².